The molecule has 2 heterocycles. The van der Waals surface area contributed by atoms with Gasteiger partial charge in [0.05, 0.1) is 46.8 Å². The molecular formula is C24H30INO5. The number of nitrogens with zero attached hydrogens (tertiary/aromatic N) is 1. The fraction of sp³-hybridized carbons (Fsp3) is 0.458. The van der Waals surface area contributed by atoms with Gasteiger partial charge in [-0.05, 0) is 35.7 Å². The van der Waals surface area contributed by atoms with Gasteiger partial charge in [-0.1, -0.05) is 12.1 Å². The zero-order chi connectivity index (χ0) is 21.3. The molecule has 31 heavy (non-hydrogen) atoms. The largest absolute Gasteiger partial charge is 1.00 e. The average Bonchev–Trinajstić information content (AvgIpc) is 3.21. The molecule has 7 heteroatoms. The van der Waals surface area contributed by atoms with Crippen molar-refractivity contribution in [1.29, 1.82) is 0 Å². The number of ketones is 1. The van der Waals surface area contributed by atoms with E-state index in [1.165, 1.54) is 5.56 Å². The molecule has 2 aliphatic rings. The van der Waals surface area contributed by atoms with E-state index in [0.29, 0.717) is 18.6 Å². The van der Waals surface area contributed by atoms with Gasteiger partial charge >= 0.3 is 0 Å². The summed E-state index contributed by atoms with van der Waals surface area (Å²) in [6.07, 6.45) is 2.65. The van der Waals surface area contributed by atoms with E-state index < -0.39 is 0 Å². The minimum absolute atomic E-state index is 0. The van der Waals surface area contributed by atoms with E-state index in [1.807, 2.05) is 24.3 Å². The lowest BCUT2D eigenvalue weighted by Gasteiger charge is -2.43. The first-order valence-corrected chi connectivity index (χ1v) is 10.4. The zero-order valence-electron chi connectivity index (χ0n) is 18.6. The number of Topliss-reactive ketones (excluding diaryl/α,β-unsaturated/α-hetero) is 1. The smallest absolute Gasteiger partial charge is 0.231 e. The minimum Gasteiger partial charge on any atom is -1.00 e. The second kappa shape index (κ2) is 9.65. The third kappa shape index (κ3) is 4.77. The standard InChI is InChI=1S/C24H30NO5.HI/c1-25(2)12-11-17-13-21-23(30-15-29-21)24(28-4)22(17)20(25)14-18(26)8-5-16-6-9-19(27-3)10-7-16;/h6-7,9-10,13,20H,5,8,11-12,14-15H2,1-4H3;1H/q+1;/p-1. The Hall–Kier alpha value is -2.00. The summed E-state index contributed by atoms with van der Waals surface area (Å²) in [5.41, 5.74) is 3.43. The van der Waals surface area contributed by atoms with Gasteiger partial charge in [-0.25, -0.2) is 0 Å². The van der Waals surface area contributed by atoms with Crippen LogP contribution in [-0.2, 0) is 17.6 Å². The van der Waals surface area contributed by atoms with Crippen LogP contribution in [0.15, 0.2) is 30.3 Å². The van der Waals surface area contributed by atoms with Crippen molar-refractivity contribution in [3.05, 3.63) is 47.0 Å². The highest BCUT2D eigenvalue weighted by atomic mass is 127. The quantitative estimate of drug-likeness (QED) is 0.384. The fourth-order valence-corrected chi connectivity index (χ4v) is 4.51. The Morgan fingerprint density at radius 1 is 1.13 bits per heavy atom. The van der Waals surface area contributed by atoms with E-state index in [1.54, 1.807) is 14.2 Å². The number of hydrogen-bond acceptors (Lipinski definition) is 5. The number of aryl methyl sites for hydroxylation is 1. The van der Waals surface area contributed by atoms with Gasteiger partial charge in [0.15, 0.2) is 11.5 Å². The van der Waals surface area contributed by atoms with Gasteiger partial charge in [-0.2, -0.15) is 0 Å². The van der Waals surface area contributed by atoms with Crippen molar-refractivity contribution in [1.82, 2.24) is 0 Å². The maximum Gasteiger partial charge on any atom is 0.231 e. The molecule has 0 amide bonds. The summed E-state index contributed by atoms with van der Waals surface area (Å²) in [6, 6.07) is 10.0. The first-order valence-electron chi connectivity index (χ1n) is 10.4. The van der Waals surface area contributed by atoms with E-state index in [0.717, 1.165) is 52.2 Å². The molecule has 6 nitrogen and oxygen atoms in total. The number of fused-ring (bicyclic) bond motifs is 2. The van der Waals surface area contributed by atoms with E-state index in [-0.39, 0.29) is 42.6 Å². The number of rotatable bonds is 7. The number of hydrogen-bond donors (Lipinski definition) is 0. The highest BCUT2D eigenvalue weighted by molar-refractivity contribution is 5.80. The van der Waals surface area contributed by atoms with E-state index in [2.05, 4.69) is 20.2 Å². The summed E-state index contributed by atoms with van der Waals surface area (Å²) in [5.74, 6) is 3.21. The van der Waals surface area contributed by atoms with Crippen molar-refractivity contribution in [2.45, 2.75) is 31.7 Å². The topological polar surface area (TPSA) is 54.0 Å². The normalized spacial score (nSPS) is 18.0. The van der Waals surface area contributed by atoms with Gasteiger partial charge in [0.25, 0.3) is 0 Å². The summed E-state index contributed by atoms with van der Waals surface area (Å²) in [7, 11) is 7.69. The third-order valence-corrected chi connectivity index (χ3v) is 6.35. The first kappa shape index (κ1) is 23.7. The molecule has 0 fully saturated rings. The lowest BCUT2D eigenvalue weighted by atomic mass is 9.86. The second-order valence-corrected chi connectivity index (χ2v) is 8.58. The molecule has 0 N–H and O–H groups in total. The molecule has 0 spiro atoms. The van der Waals surface area contributed by atoms with Crippen molar-refractivity contribution >= 4 is 5.78 Å². The third-order valence-electron chi connectivity index (χ3n) is 6.35. The Balaban J connectivity index is 0.00000272. The molecule has 0 aromatic heterocycles. The SMILES string of the molecule is COc1ccc(CCC(=O)CC2c3c(cc4c(c3OC)OCO4)CC[N+]2(C)C)cc1.[I-]. The summed E-state index contributed by atoms with van der Waals surface area (Å²) < 4.78 is 23.0. The van der Waals surface area contributed by atoms with Crippen molar-refractivity contribution in [2.75, 3.05) is 41.7 Å². The van der Waals surface area contributed by atoms with Crippen LogP contribution < -0.4 is 42.9 Å². The van der Waals surface area contributed by atoms with Crippen molar-refractivity contribution in [3.63, 3.8) is 0 Å². The highest BCUT2D eigenvalue weighted by Gasteiger charge is 2.42. The van der Waals surface area contributed by atoms with Gasteiger partial charge in [0, 0.05) is 12.8 Å². The van der Waals surface area contributed by atoms with Crippen LogP contribution in [0.4, 0.5) is 0 Å². The first-order chi connectivity index (χ1) is 14.4. The van der Waals surface area contributed by atoms with Gasteiger partial charge in [0.1, 0.15) is 17.6 Å². The Labute approximate surface area is 201 Å². The summed E-state index contributed by atoms with van der Waals surface area (Å²) in [5, 5.41) is 0. The monoisotopic (exact) mass is 539 g/mol. The van der Waals surface area contributed by atoms with Crippen LogP contribution in [0.3, 0.4) is 0 Å². The van der Waals surface area contributed by atoms with Gasteiger partial charge in [0.2, 0.25) is 12.5 Å². The average molecular weight is 539 g/mol. The Bertz CT molecular complexity index is 942. The lowest BCUT2D eigenvalue weighted by molar-refractivity contribution is -0.922. The molecule has 2 aliphatic heterocycles. The summed E-state index contributed by atoms with van der Waals surface area (Å²) in [6.45, 7) is 1.17. The van der Waals surface area contributed by atoms with Crippen molar-refractivity contribution < 1.29 is 52.2 Å². The van der Waals surface area contributed by atoms with Crippen LogP contribution in [-0.4, -0.2) is 51.9 Å². The molecule has 0 saturated heterocycles. The highest BCUT2D eigenvalue weighted by Crippen LogP contribution is 2.51. The number of ether oxygens (including phenoxy) is 4. The maximum absolute atomic E-state index is 13.0. The van der Waals surface area contributed by atoms with Crippen LogP contribution in [0.1, 0.15) is 35.6 Å². The van der Waals surface area contributed by atoms with Crippen LogP contribution in [0, 0.1) is 0 Å². The molecule has 2 aromatic carbocycles. The number of methoxy groups -OCH3 is 2. The number of quaternary nitrogens is 1. The van der Waals surface area contributed by atoms with Crippen LogP contribution in [0.25, 0.3) is 0 Å². The maximum atomic E-state index is 13.0. The molecule has 0 aliphatic carbocycles. The Morgan fingerprint density at radius 2 is 1.87 bits per heavy atom. The number of halogens is 1. The molecule has 1 unspecified atom stereocenters. The molecular weight excluding hydrogens is 509 g/mol. The van der Waals surface area contributed by atoms with Gasteiger partial charge in [-0.3, -0.25) is 4.79 Å². The molecule has 2 aromatic rings. The molecule has 0 bridgehead atoms. The van der Waals surface area contributed by atoms with Crippen LogP contribution in [0.2, 0.25) is 0 Å². The Morgan fingerprint density at radius 3 is 2.55 bits per heavy atom. The van der Waals surface area contributed by atoms with E-state index >= 15 is 0 Å². The van der Waals surface area contributed by atoms with Crippen LogP contribution >= 0.6 is 0 Å². The fourth-order valence-electron chi connectivity index (χ4n) is 4.51. The number of benzene rings is 2. The van der Waals surface area contributed by atoms with Crippen molar-refractivity contribution in [3.8, 4) is 23.0 Å². The number of carbonyl (C=O) groups is 1. The van der Waals surface area contributed by atoms with Gasteiger partial charge < -0.3 is 47.4 Å². The summed E-state index contributed by atoms with van der Waals surface area (Å²) >= 11 is 0. The minimum atomic E-state index is 0. The van der Waals surface area contributed by atoms with E-state index in [9.17, 15) is 4.79 Å². The molecule has 4 rings (SSSR count). The predicted molar refractivity (Wildman–Crippen MR) is 113 cm³/mol. The molecule has 0 radical (unpaired) electrons. The van der Waals surface area contributed by atoms with E-state index in [4.69, 9.17) is 18.9 Å². The zero-order valence-corrected chi connectivity index (χ0v) is 20.7. The lowest BCUT2D eigenvalue weighted by Crippen LogP contribution is -3.00. The van der Waals surface area contributed by atoms with Gasteiger partial charge in [-0.15, -0.1) is 0 Å². The van der Waals surface area contributed by atoms with Crippen molar-refractivity contribution in [2.24, 2.45) is 0 Å². The summed E-state index contributed by atoms with van der Waals surface area (Å²) in [4.78, 5) is 13.0. The second-order valence-electron chi connectivity index (χ2n) is 8.58. The molecule has 1 atom stereocenters. The number of carbonyl (C=O) groups excluding carboxylic acids is 1. The molecule has 168 valence electrons. The predicted octanol–water partition coefficient (Wildman–Crippen LogP) is 0.702. The Kier molecular flexibility index (Phi) is 7.36. The van der Waals surface area contributed by atoms with Crippen LogP contribution in [0.5, 0.6) is 23.0 Å². The number of likely N-dealkylation sites (N-methyl/N-ethyl adjacent to an activating group) is 1. The molecule has 0 saturated carbocycles.